The van der Waals surface area contributed by atoms with E-state index in [1.165, 1.54) is 12.1 Å². The van der Waals surface area contributed by atoms with Crippen molar-refractivity contribution in [3.63, 3.8) is 0 Å². The van der Waals surface area contributed by atoms with Crippen molar-refractivity contribution in [3.8, 4) is 11.5 Å². The molecule has 0 aliphatic rings. The number of carbonyl (C=O) groups excluding carboxylic acids is 2. The number of amides is 2. The summed E-state index contributed by atoms with van der Waals surface area (Å²) in [7, 11) is 0. The molecule has 0 aliphatic carbocycles. The van der Waals surface area contributed by atoms with Gasteiger partial charge >= 0.3 is 0 Å². The molecule has 2 aromatic rings. The average molecular weight is 342 g/mol. The summed E-state index contributed by atoms with van der Waals surface area (Å²) < 4.78 is 5.43. The van der Waals surface area contributed by atoms with E-state index in [1.54, 1.807) is 41.3 Å². The van der Waals surface area contributed by atoms with Gasteiger partial charge in [0.2, 0.25) is 0 Å². The Morgan fingerprint density at radius 3 is 2.16 bits per heavy atom. The maximum atomic E-state index is 12.2. The van der Waals surface area contributed by atoms with E-state index in [0.29, 0.717) is 30.1 Å². The lowest BCUT2D eigenvalue weighted by Gasteiger charge is -2.18. The van der Waals surface area contributed by atoms with Crippen LogP contribution in [-0.4, -0.2) is 41.5 Å². The minimum Gasteiger partial charge on any atom is -0.508 e. The first-order chi connectivity index (χ1) is 12.0. The number of aromatic hydroxyl groups is 1. The van der Waals surface area contributed by atoms with Gasteiger partial charge in [-0.3, -0.25) is 9.59 Å². The molecule has 2 aromatic carbocycles. The van der Waals surface area contributed by atoms with E-state index in [2.05, 4.69) is 5.32 Å². The van der Waals surface area contributed by atoms with E-state index < -0.39 is 0 Å². The summed E-state index contributed by atoms with van der Waals surface area (Å²) >= 11 is 0. The molecular formula is C19H22N2O4. The lowest BCUT2D eigenvalue weighted by Crippen LogP contribution is -2.30. The zero-order valence-electron chi connectivity index (χ0n) is 14.4. The predicted octanol–water partition coefficient (Wildman–Crippen LogP) is 2.89. The fourth-order valence-corrected chi connectivity index (χ4v) is 2.28. The molecule has 25 heavy (non-hydrogen) atoms. The Morgan fingerprint density at radius 2 is 1.60 bits per heavy atom. The Labute approximate surface area is 147 Å². The molecule has 2 rings (SSSR count). The molecule has 0 aliphatic heterocycles. The van der Waals surface area contributed by atoms with Gasteiger partial charge in [0.1, 0.15) is 11.5 Å². The van der Waals surface area contributed by atoms with Crippen molar-refractivity contribution in [1.82, 2.24) is 4.90 Å². The Morgan fingerprint density at radius 1 is 1.00 bits per heavy atom. The van der Waals surface area contributed by atoms with E-state index in [-0.39, 0.29) is 24.2 Å². The summed E-state index contributed by atoms with van der Waals surface area (Å²) in [6.45, 7) is 5.04. The molecule has 2 amide bonds. The van der Waals surface area contributed by atoms with Crippen molar-refractivity contribution in [2.75, 3.05) is 25.0 Å². The molecule has 0 heterocycles. The normalized spacial score (nSPS) is 10.2. The Balaban J connectivity index is 1.87. The molecule has 6 nitrogen and oxygen atoms in total. The van der Waals surface area contributed by atoms with Crippen LogP contribution in [0.25, 0.3) is 0 Å². The monoisotopic (exact) mass is 342 g/mol. The van der Waals surface area contributed by atoms with Crippen molar-refractivity contribution in [2.45, 2.75) is 13.8 Å². The van der Waals surface area contributed by atoms with Crippen molar-refractivity contribution in [3.05, 3.63) is 54.1 Å². The second kappa shape index (κ2) is 8.73. The number of ether oxygens (including phenoxy) is 1. The van der Waals surface area contributed by atoms with Crippen LogP contribution in [0.5, 0.6) is 11.5 Å². The Hall–Kier alpha value is -3.02. The Kier molecular flexibility index (Phi) is 6.39. The van der Waals surface area contributed by atoms with Gasteiger partial charge in [0.05, 0.1) is 0 Å². The maximum Gasteiger partial charge on any atom is 0.262 e. The van der Waals surface area contributed by atoms with Crippen molar-refractivity contribution in [2.24, 2.45) is 0 Å². The maximum absolute atomic E-state index is 12.2. The lowest BCUT2D eigenvalue weighted by molar-refractivity contribution is -0.118. The average Bonchev–Trinajstić information content (AvgIpc) is 2.63. The number of hydrogen-bond donors (Lipinski definition) is 2. The third-order valence-electron chi connectivity index (χ3n) is 3.67. The first kappa shape index (κ1) is 18.3. The molecule has 2 N–H and O–H groups in total. The van der Waals surface area contributed by atoms with Gasteiger partial charge in [-0.15, -0.1) is 0 Å². The molecule has 132 valence electrons. The number of anilines is 1. The molecule has 0 saturated heterocycles. The van der Waals surface area contributed by atoms with E-state index in [9.17, 15) is 14.7 Å². The summed E-state index contributed by atoms with van der Waals surface area (Å²) in [4.78, 5) is 25.8. The number of rotatable bonds is 7. The third-order valence-corrected chi connectivity index (χ3v) is 3.67. The fraction of sp³-hybridized carbons (Fsp3) is 0.263. The smallest absolute Gasteiger partial charge is 0.262 e. The number of nitrogens with one attached hydrogen (secondary N) is 1. The summed E-state index contributed by atoms with van der Waals surface area (Å²) in [5.41, 5.74) is 1.16. The highest BCUT2D eigenvalue weighted by Gasteiger charge is 2.12. The van der Waals surface area contributed by atoms with Crippen LogP contribution in [-0.2, 0) is 4.79 Å². The van der Waals surface area contributed by atoms with Gasteiger partial charge in [0.25, 0.3) is 11.8 Å². The van der Waals surface area contributed by atoms with Crippen LogP contribution < -0.4 is 10.1 Å². The quantitative estimate of drug-likeness (QED) is 0.758. The van der Waals surface area contributed by atoms with E-state index >= 15 is 0 Å². The van der Waals surface area contributed by atoms with Crippen molar-refractivity contribution < 1.29 is 19.4 Å². The summed E-state index contributed by atoms with van der Waals surface area (Å²) in [5, 5.41) is 11.9. The third kappa shape index (κ3) is 5.24. The second-order valence-corrected chi connectivity index (χ2v) is 5.39. The number of phenolic OH excluding ortho intramolecular Hbond substituents is 1. The molecule has 0 radical (unpaired) electrons. The largest absolute Gasteiger partial charge is 0.508 e. The topological polar surface area (TPSA) is 78.9 Å². The zero-order chi connectivity index (χ0) is 18.2. The minimum absolute atomic E-state index is 0.0263. The molecule has 0 fully saturated rings. The Bertz CT molecular complexity index is 707. The fourth-order valence-electron chi connectivity index (χ4n) is 2.28. The van der Waals surface area contributed by atoms with Crippen LogP contribution >= 0.6 is 0 Å². The van der Waals surface area contributed by atoms with E-state index in [4.69, 9.17) is 4.74 Å². The van der Waals surface area contributed by atoms with E-state index in [1.807, 2.05) is 13.8 Å². The van der Waals surface area contributed by atoms with Crippen LogP contribution in [0.1, 0.15) is 24.2 Å². The van der Waals surface area contributed by atoms with Gasteiger partial charge < -0.3 is 20.1 Å². The summed E-state index contributed by atoms with van der Waals surface area (Å²) in [5.74, 6) is 0.307. The lowest BCUT2D eigenvalue weighted by atomic mass is 10.2. The molecule has 0 unspecified atom stereocenters. The first-order valence-corrected chi connectivity index (χ1v) is 8.14. The molecule has 0 bridgehead atoms. The van der Waals surface area contributed by atoms with Crippen molar-refractivity contribution in [1.29, 1.82) is 0 Å². The molecular weight excluding hydrogens is 320 g/mol. The summed E-state index contributed by atoms with van der Waals surface area (Å²) in [6, 6.07) is 12.9. The zero-order valence-corrected chi connectivity index (χ0v) is 14.4. The minimum atomic E-state index is -0.311. The van der Waals surface area contributed by atoms with Crippen molar-refractivity contribution >= 4 is 17.5 Å². The number of hydrogen-bond acceptors (Lipinski definition) is 4. The second-order valence-electron chi connectivity index (χ2n) is 5.39. The van der Waals surface area contributed by atoms with Crippen LogP contribution in [0.3, 0.4) is 0 Å². The highest BCUT2D eigenvalue weighted by molar-refractivity contribution is 5.94. The van der Waals surface area contributed by atoms with Gasteiger partial charge in [0, 0.05) is 24.3 Å². The SMILES string of the molecule is CCN(CC)C(=O)c1ccc(OCC(=O)Nc2ccc(O)cc2)cc1. The van der Waals surface area contributed by atoms with Crippen LogP contribution in [0.15, 0.2) is 48.5 Å². The number of carbonyl (C=O) groups is 2. The van der Waals surface area contributed by atoms with E-state index in [0.717, 1.165) is 0 Å². The molecule has 0 aromatic heterocycles. The number of benzene rings is 2. The van der Waals surface area contributed by atoms with Crippen LogP contribution in [0, 0.1) is 0 Å². The summed E-state index contributed by atoms with van der Waals surface area (Å²) in [6.07, 6.45) is 0. The van der Waals surface area contributed by atoms with Gasteiger partial charge in [-0.05, 0) is 62.4 Å². The molecule has 0 saturated carbocycles. The molecule has 0 spiro atoms. The van der Waals surface area contributed by atoms with Gasteiger partial charge in [-0.2, -0.15) is 0 Å². The number of phenols is 1. The molecule has 6 heteroatoms. The van der Waals surface area contributed by atoms with Crippen LogP contribution in [0.4, 0.5) is 5.69 Å². The predicted molar refractivity (Wildman–Crippen MR) is 95.9 cm³/mol. The molecule has 0 atom stereocenters. The van der Waals surface area contributed by atoms with Gasteiger partial charge in [-0.1, -0.05) is 0 Å². The van der Waals surface area contributed by atoms with Gasteiger partial charge in [0.15, 0.2) is 6.61 Å². The highest BCUT2D eigenvalue weighted by Crippen LogP contribution is 2.15. The standard InChI is InChI=1S/C19H22N2O4/c1-3-21(4-2)19(24)14-5-11-17(12-6-14)25-13-18(23)20-15-7-9-16(22)10-8-15/h5-12,22H,3-4,13H2,1-2H3,(H,20,23). The number of nitrogens with zero attached hydrogens (tertiary/aromatic N) is 1. The van der Waals surface area contributed by atoms with Crippen LogP contribution in [0.2, 0.25) is 0 Å². The first-order valence-electron chi connectivity index (χ1n) is 8.14. The highest BCUT2D eigenvalue weighted by atomic mass is 16.5. The van der Waals surface area contributed by atoms with Gasteiger partial charge in [-0.25, -0.2) is 0 Å².